The highest BCUT2D eigenvalue weighted by molar-refractivity contribution is 5.33. The van der Waals surface area contributed by atoms with Gasteiger partial charge in [-0.25, -0.2) is 0 Å². The van der Waals surface area contributed by atoms with Gasteiger partial charge in [-0.2, -0.15) is 5.10 Å². The summed E-state index contributed by atoms with van der Waals surface area (Å²) in [4.78, 5) is 6.53. The van der Waals surface area contributed by atoms with Gasteiger partial charge in [0.1, 0.15) is 0 Å². The molecule has 0 aromatic carbocycles. The lowest BCUT2D eigenvalue weighted by Crippen LogP contribution is -2.05. The molecule has 2 N–H and O–H groups in total. The number of hydrogen-bond donors (Lipinski definition) is 2. The van der Waals surface area contributed by atoms with E-state index in [0.29, 0.717) is 0 Å². The van der Waals surface area contributed by atoms with Crippen LogP contribution in [0.4, 0.5) is 0 Å². The van der Waals surface area contributed by atoms with Gasteiger partial charge in [-0.15, -0.1) is 0 Å². The molecule has 3 aromatic rings. The van der Waals surface area contributed by atoms with Crippen molar-refractivity contribution in [1.82, 2.24) is 19.7 Å². The van der Waals surface area contributed by atoms with Crippen LogP contribution in [-0.2, 0) is 7.05 Å². The second kappa shape index (κ2) is 3.97. The Morgan fingerprint density at radius 2 is 1.71 bits per heavy atom. The van der Waals surface area contributed by atoms with E-state index in [1.54, 1.807) is 0 Å². The van der Waals surface area contributed by atoms with Gasteiger partial charge >= 0.3 is 0 Å². The summed E-state index contributed by atoms with van der Waals surface area (Å²) in [5.74, 6) is 0.140. The Hall–Kier alpha value is -2.23. The van der Waals surface area contributed by atoms with Gasteiger partial charge in [-0.3, -0.25) is 4.68 Å². The SMILES string of the molecule is Cn1ccc(C(c2ccc[nH]2)c2ccc[nH]2)n1. The average molecular weight is 226 g/mol. The van der Waals surface area contributed by atoms with Crippen LogP contribution in [0.5, 0.6) is 0 Å². The van der Waals surface area contributed by atoms with Crippen LogP contribution in [0.3, 0.4) is 0 Å². The first-order valence-corrected chi connectivity index (χ1v) is 5.61. The zero-order chi connectivity index (χ0) is 11.7. The average Bonchev–Trinajstić information content (AvgIpc) is 3.02. The number of rotatable bonds is 3. The van der Waals surface area contributed by atoms with Crippen molar-refractivity contribution in [1.29, 1.82) is 0 Å². The summed E-state index contributed by atoms with van der Waals surface area (Å²) in [5, 5.41) is 4.50. The van der Waals surface area contributed by atoms with Crippen molar-refractivity contribution in [3.63, 3.8) is 0 Å². The fraction of sp³-hybridized carbons (Fsp3) is 0.154. The lowest BCUT2D eigenvalue weighted by Gasteiger charge is -2.11. The molecule has 0 aliphatic carbocycles. The van der Waals surface area contributed by atoms with E-state index in [2.05, 4.69) is 27.2 Å². The molecule has 0 amide bonds. The molecule has 0 saturated heterocycles. The van der Waals surface area contributed by atoms with Crippen molar-refractivity contribution in [2.24, 2.45) is 7.05 Å². The molecule has 4 nitrogen and oxygen atoms in total. The van der Waals surface area contributed by atoms with Crippen LogP contribution >= 0.6 is 0 Å². The quantitative estimate of drug-likeness (QED) is 0.707. The second-order valence-corrected chi connectivity index (χ2v) is 4.10. The second-order valence-electron chi connectivity index (χ2n) is 4.10. The van der Waals surface area contributed by atoms with Crippen molar-refractivity contribution < 1.29 is 0 Å². The molecule has 0 aliphatic heterocycles. The molecule has 0 fully saturated rings. The summed E-state index contributed by atoms with van der Waals surface area (Å²) in [6.45, 7) is 0. The Morgan fingerprint density at radius 1 is 1.06 bits per heavy atom. The molecule has 0 atom stereocenters. The van der Waals surface area contributed by atoms with Gasteiger partial charge in [0.05, 0.1) is 11.6 Å². The van der Waals surface area contributed by atoms with Gasteiger partial charge in [0, 0.05) is 37.0 Å². The van der Waals surface area contributed by atoms with Gasteiger partial charge in [0.15, 0.2) is 0 Å². The normalized spacial score (nSPS) is 11.2. The first-order valence-electron chi connectivity index (χ1n) is 5.61. The maximum Gasteiger partial charge on any atom is 0.0832 e. The number of nitrogens with one attached hydrogen (secondary N) is 2. The Balaban J connectivity index is 2.09. The Labute approximate surface area is 99.3 Å². The monoisotopic (exact) mass is 226 g/mol. The van der Waals surface area contributed by atoms with Crippen LogP contribution in [0.2, 0.25) is 0 Å². The third kappa shape index (κ3) is 1.78. The fourth-order valence-electron chi connectivity index (χ4n) is 2.12. The summed E-state index contributed by atoms with van der Waals surface area (Å²) >= 11 is 0. The fourth-order valence-corrected chi connectivity index (χ4v) is 2.12. The molecule has 0 radical (unpaired) electrons. The van der Waals surface area contributed by atoms with E-state index < -0.39 is 0 Å². The van der Waals surface area contributed by atoms with E-state index in [4.69, 9.17) is 0 Å². The molecule has 3 rings (SSSR count). The number of aryl methyl sites for hydroxylation is 1. The zero-order valence-corrected chi connectivity index (χ0v) is 9.59. The summed E-state index contributed by atoms with van der Waals surface area (Å²) in [6, 6.07) is 10.2. The lowest BCUT2D eigenvalue weighted by molar-refractivity contribution is 0.726. The predicted octanol–water partition coefficient (Wildman–Crippen LogP) is 2.26. The molecular formula is C13H14N4. The Morgan fingerprint density at radius 3 is 2.12 bits per heavy atom. The number of hydrogen-bond acceptors (Lipinski definition) is 1. The molecule has 17 heavy (non-hydrogen) atoms. The number of aromatic nitrogens is 4. The number of aromatic amines is 2. The standard InChI is InChI=1S/C13H14N4/c1-17-9-6-12(16-17)13(10-4-2-7-14-10)11-5-3-8-15-11/h2-9,13-15H,1H3. The van der Waals surface area contributed by atoms with Gasteiger partial charge < -0.3 is 9.97 Å². The molecule has 3 heterocycles. The van der Waals surface area contributed by atoms with Crippen LogP contribution in [0.1, 0.15) is 23.0 Å². The van der Waals surface area contributed by atoms with Crippen molar-refractivity contribution in [2.45, 2.75) is 5.92 Å². The van der Waals surface area contributed by atoms with Crippen molar-refractivity contribution in [3.05, 3.63) is 66.0 Å². The van der Waals surface area contributed by atoms with Crippen molar-refractivity contribution in [3.8, 4) is 0 Å². The van der Waals surface area contributed by atoms with Crippen LogP contribution in [-0.4, -0.2) is 19.7 Å². The zero-order valence-electron chi connectivity index (χ0n) is 9.59. The third-order valence-corrected chi connectivity index (χ3v) is 2.90. The molecule has 0 saturated carbocycles. The Bertz CT molecular complexity index is 541. The van der Waals surface area contributed by atoms with Crippen LogP contribution in [0, 0.1) is 0 Å². The smallest absolute Gasteiger partial charge is 0.0832 e. The van der Waals surface area contributed by atoms with E-state index in [9.17, 15) is 0 Å². The van der Waals surface area contributed by atoms with E-state index in [1.165, 1.54) is 0 Å². The highest BCUT2D eigenvalue weighted by Gasteiger charge is 2.20. The minimum atomic E-state index is 0.140. The maximum absolute atomic E-state index is 4.50. The maximum atomic E-state index is 4.50. The summed E-state index contributed by atoms with van der Waals surface area (Å²) in [6.07, 6.45) is 5.84. The number of nitrogens with zero attached hydrogens (tertiary/aromatic N) is 2. The molecule has 0 bridgehead atoms. The van der Waals surface area contributed by atoms with Crippen LogP contribution < -0.4 is 0 Å². The first-order chi connectivity index (χ1) is 8.34. The van der Waals surface area contributed by atoms with Gasteiger partial charge in [-0.1, -0.05) is 0 Å². The molecule has 0 unspecified atom stereocenters. The molecule has 3 aromatic heterocycles. The predicted molar refractivity (Wildman–Crippen MR) is 65.7 cm³/mol. The highest BCUT2D eigenvalue weighted by Crippen LogP contribution is 2.28. The van der Waals surface area contributed by atoms with E-state index >= 15 is 0 Å². The van der Waals surface area contributed by atoms with E-state index in [0.717, 1.165) is 17.1 Å². The van der Waals surface area contributed by atoms with Crippen LogP contribution in [0.15, 0.2) is 48.9 Å². The van der Waals surface area contributed by atoms with E-state index in [-0.39, 0.29) is 5.92 Å². The molecule has 4 heteroatoms. The van der Waals surface area contributed by atoms with E-state index in [1.807, 2.05) is 48.5 Å². The van der Waals surface area contributed by atoms with Crippen LogP contribution in [0.25, 0.3) is 0 Å². The lowest BCUT2D eigenvalue weighted by atomic mass is 9.98. The highest BCUT2D eigenvalue weighted by atomic mass is 15.2. The minimum absolute atomic E-state index is 0.140. The molecule has 86 valence electrons. The largest absolute Gasteiger partial charge is 0.364 e. The summed E-state index contributed by atoms with van der Waals surface area (Å²) in [7, 11) is 1.93. The summed E-state index contributed by atoms with van der Waals surface area (Å²) < 4.78 is 1.83. The molecule has 0 aliphatic rings. The number of H-pyrrole nitrogens is 2. The van der Waals surface area contributed by atoms with Gasteiger partial charge in [0.25, 0.3) is 0 Å². The van der Waals surface area contributed by atoms with Crippen molar-refractivity contribution >= 4 is 0 Å². The van der Waals surface area contributed by atoms with Crippen molar-refractivity contribution in [2.75, 3.05) is 0 Å². The minimum Gasteiger partial charge on any atom is -0.364 e. The van der Waals surface area contributed by atoms with Gasteiger partial charge in [-0.05, 0) is 30.3 Å². The third-order valence-electron chi connectivity index (χ3n) is 2.90. The molecule has 0 spiro atoms. The summed E-state index contributed by atoms with van der Waals surface area (Å²) in [5.41, 5.74) is 3.33. The van der Waals surface area contributed by atoms with Gasteiger partial charge in [0.2, 0.25) is 0 Å². The first kappa shape index (κ1) is 9.96. The Kier molecular flexibility index (Phi) is 2.33. The molecular weight excluding hydrogens is 212 g/mol. The topological polar surface area (TPSA) is 49.4 Å².